The molecule has 1 heterocycles. The molecule has 0 fully saturated rings. The van der Waals surface area contributed by atoms with Gasteiger partial charge in [-0.05, 0) is 53.2 Å². The van der Waals surface area contributed by atoms with E-state index in [1.807, 2.05) is 25.1 Å². The second-order valence-electron chi connectivity index (χ2n) is 4.26. The number of nitrogens with two attached hydrogens (primary N) is 1. The van der Waals surface area contributed by atoms with Crippen molar-refractivity contribution in [2.24, 2.45) is 0 Å². The first kappa shape index (κ1) is 15.5. The quantitative estimate of drug-likeness (QED) is 0.743. The molecule has 0 aliphatic rings. The molecule has 2 aromatic rings. The Balaban J connectivity index is 2.22. The third-order valence-corrected chi connectivity index (χ3v) is 4.99. The average Bonchev–Trinajstić information content (AvgIpc) is 2.83. The highest BCUT2D eigenvalue weighted by molar-refractivity contribution is 9.11. The normalized spacial score (nSPS) is 10.6. The standard InChI is InChI=1S/C14H14Br2N2OS/c1-2-18(8-10-4-6-13(16)20-10)14(19)11-7-9(15)3-5-12(11)17/h3-7H,2,8,17H2,1H3. The van der Waals surface area contributed by atoms with Gasteiger partial charge in [-0.3, -0.25) is 4.79 Å². The molecule has 2 rings (SSSR count). The summed E-state index contributed by atoms with van der Waals surface area (Å²) in [6.45, 7) is 3.20. The van der Waals surface area contributed by atoms with Crippen LogP contribution < -0.4 is 5.73 Å². The summed E-state index contributed by atoms with van der Waals surface area (Å²) in [5.41, 5.74) is 6.95. The van der Waals surface area contributed by atoms with E-state index in [0.29, 0.717) is 24.3 Å². The van der Waals surface area contributed by atoms with E-state index < -0.39 is 0 Å². The van der Waals surface area contributed by atoms with Crippen molar-refractivity contribution in [3.63, 3.8) is 0 Å². The Kier molecular flexibility index (Phi) is 5.23. The molecule has 1 aromatic carbocycles. The van der Waals surface area contributed by atoms with Crippen molar-refractivity contribution in [1.82, 2.24) is 4.90 Å². The molecule has 0 aliphatic carbocycles. The van der Waals surface area contributed by atoms with Gasteiger partial charge in [0, 0.05) is 21.6 Å². The fraction of sp³-hybridized carbons (Fsp3) is 0.214. The highest BCUT2D eigenvalue weighted by Crippen LogP contribution is 2.25. The predicted octanol–water partition coefficient (Wildman–Crippen LogP) is 4.52. The van der Waals surface area contributed by atoms with Gasteiger partial charge in [0.25, 0.3) is 5.91 Å². The molecule has 0 atom stereocenters. The Labute approximate surface area is 139 Å². The Morgan fingerprint density at radius 3 is 2.65 bits per heavy atom. The first-order valence-electron chi connectivity index (χ1n) is 6.09. The molecule has 106 valence electrons. The van der Waals surface area contributed by atoms with Crippen molar-refractivity contribution < 1.29 is 4.79 Å². The minimum absolute atomic E-state index is 0.0455. The number of amides is 1. The van der Waals surface area contributed by atoms with Gasteiger partial charge >= 0.3 is 0 Å². The molecule has 1 amide bonds. The summed E-state index contributed by atoms with van der Waals surface area (Å²) in [7, 11) is 0. The van der Waals surface area contributed by atoms with Gasteiger partial charge in [-0.2, -0.15) is 0 Å². The molecule has 6 heteroatoms. The Morgan fingerprint density at radius 1 is 1.30 bits per heavy atom. The summed E-state index contributed by atoms with van der Waals surface area (Å²) in [4.78, 5) is 15.5. The molecule has 0 spiro atoms. The first-order chi connectivity index (χ1) is 9.51. The van der Waals surface area contributed by atoms with Crippen LogP contribution in [-0.2, 0) is 6.54 Å². The van der Waals surface area contributed by atoms with Gasteiger partial charge in [-0.25, -0.2) is 0 Å². The topological polar surface area (TPSA) is 46.3 Å². The van der Waals surface area contributed by atoms with E-state index in [2.05, 4.69) is 31.9 Å². The van der Waals surface area contributed by atoms with E-state index in [0.717, 1.165) is 13.1 Å². The molecular weight excluding hydrogens is 404 g/mol. The van der Waals surface area contributed by atoms with E-state index in [-0.39, 0.29) is 5.91 Å². The first-order valence-corrected chi connectivity index (χ1v) is 8.50. The Bertz CT molecular complexity index is 627. The van der Waals surface area contributed by atoms with Crippen LogP contribution in [0.4, 0.5) is 5.69 Å². The van der Waals surface area contributed by atoms with Gasteiger partial charge in [0.1, 0.15) is 0 Å². The molecule has 2 N–H and O–H groups in total. The zero-order valence-corrected chi connectivity index (χ0v) is 14.9. The summed E-state index contributed by atoms with van der Waals surface area (Å²) in [6, 6.07) is 9.36. The van der Waals surface area contributed by atoms with Crippen molar-refractivity contribution in [2.75, 3.05) is 12.3 Å². The summed E-state index contributed by atoms with van der Waals surface area (Å²) in [5, 5.41) is 0. The number of nitrogens with zero attached hydrogens (tertiary/aromatic N) is 1. The zero-order chi connectivity index (χ0) is 14.7. The second kappa shape index (κ2) is 6.74. The molecule has 0 saturated carbocycles. The molecule has 0 unspecified atom stereocenters. The number of halogens is 2. The highest BCUT2D eigenvalue weighted by atomic mass is 79.9. The fourth-order valence-corrected chi connectivity index (χ4v) is 3.70. The Morgan fingerprint density at radius 2 is 2.05 bits per heavy atom. The summed E-state index contributed by atoms with van der Waals surface area (Å²) in [6.07, 6.45) is 0. The van der Waals surface area contributed by atoms with E-state index in [9.17, 15) is 4.79 Å². The lowest BCUT2D eigenvalue weighted by Gasteiger charge is -2.21. The number of carbonyl (C=O) groups excluding carboxylic acids is 1. The SMILES string of the molecule is CCN(Cc1ccc(Br)s1)C(=O)c1cc(Br)ccc1N. The number of anilines is 1. The van der Waals surface area contributed by atoms with Crippen molar-refractivity contribution in [3.8, 4) is 0 Å². The second-order valence-corrected chi connectivity index (χ2v) is 7.72. The molecule has 20 heavy (non-hydrogen) atoms. The largest absolute Gasteiger partial charge is 0.398 e. The zero-order valence-electron chi connectivity index (χ0n) is 10.9. The van der Waals surface area contributed by atoms with Crippen LogP contribution in [0.5, 0.6) is 0 Å². The lowest BCUT2D eigenvalue weighted by Crippen LogP contribution is -2.30. The number of hydrogen-bond acceptors (Lipinski definition) is 3. The predicted molar refractivity (Wildman–Crippen MR) is 91.0 cm³/mol. The lowest BCUT2D eigenvalue weighted by atomic mass is 10.1. The number of hydrogen-bond donors (Lipinski definition) is 1. The number of nitrogen functional groups attached to an aromatic ring is 1. The number of carbonyl (C=O) groups is 1. The molecule has 0 bridgehead atoms. The van der Waals surface area contributed by atoms with Gasteiger partial charge in [0.05, 0.1) is 15.9 Å². The van der Waals surface area contributed by atoms with Gasteiger partial charge < -0.3 is 10.6 Å². The van der Waals surface area contributed by atoms with Crippen molar-refractivity contribution in [1.29, 1.82) is 0 Å². The van der Waals surface area contributed by atoms with Crippen LogP contribution in [0.1, 0.15) is 22.2 Å². The van der Waals surface area contributed by atoms with Crippen LogP contribution in [0.2, 0.25) is 0 Å². The van der Waals surface area contributed by atoms with Crippen LogP contribution in [0, 0.1) is 0 Å². The van der Waals surface area contributed by atoms with Crippen molar-refractivity contribution >= 4 is 54.8 Å². The number of thiophene rings is 1. The monoisotopic (exact) mass is 416 g/mol. The van der Waals surface area contributed by atoms with E-state index in [1.54, 1.807) is 28.4 Å². The van der Waals surface area contributed by atoms with Crippen molar-refractivity contribution in [2.45, 2.75) is 13.5 Å². The Hall–Kier alpha value is -0.850. The van der Waals surface area contributed by atoms with Crippen LogP contribution in [0.3, 0.4) is 0 Å². The molecule has 3 nitrogen and oxygen atoms in total. The molecular formula is C14H14Br2N2OS. The highest BCUT2D eigenvalue weighted by Gasteiger charge is 2.18. The average molecular weight is 418 g/mol. The third-order valence-electron chi connectivity index (χ3n) is 2.89. The summed E-state index contributed by atoms with van der Waals surface area (Å²) in [5.74, 6) is -0.0455. The molecule has 0 saturated heterocycles. The van der Waals surface area contributed by atoms with Crippen LogP contribution in [0.25, 0.3) is 0 Å². The molecule has 0 radical (unpaired) electrons. The maximum absolute atomic E-state index is 12.6. The lowest BCUT2D eigenvalue weighted by molar-refractivity contribution is 0.0755. The van der Waals surface area contributed by atoms with Gasteiger partial charge in [0.15, 0.2) is 0 Å². The molecule has 1 aromatic heterocycles. The minimum Gasteiger partial charge on any atom is -0.398 e. The number of benzene rings is 1. The van der Waals surface area contributed by atoms with E-state index in [1.165, 1.54) is 0 Å². The van der Waals surface area contributed by atoms with Crippen LogP contribution in [-0.4, -0.2) is 17.4 Å². The minimum atomic E-state index is -0.0455. The van der Waals surface area contributed by atoms with Crippen LogP contribution in [0.15, 0.2) is 38.6 Å². The third kappa shape index (κ3) is 3.62. The van der Waals surface area contributed by atoms with E-state index >= 15 is 0 Å². The maximum Gasteiger partial charge on any atom is 0.256 e. The number of rotatable bonds is 4. The van der Waals surface area contributed by atoms with Gasteiger partial charge in [-0.1, -0.05) is 15.9 Å². The fourth-order valence-electron chi connectivity index (χ4n) is 1.84. The summed E-state index contributed by atoms with van der Waals surface area (Å²) >= 11 is 8.44. The van der Waals surface area contributed by atoms with Crippen molar-refractivity contribution in [3.05, 3.63) is 49.0 Å². The molecule has 0 aliphatic heterocycles. The van der Waals surface area contributed by atoms with E-state index in [4.69, 9.17) is 5.73 Å². The smallest absolute Gasteiger partial charge is 0.256 e. The van der Waals surface area contributed by atoms with Crippen LogP contribution >= 0.6 is 43.2 Å². The summed E-state index contributed by atoms with van der Waals surface area (Å²) < 4.78 is 1.92. The van der Waals surface area contributed by atoms with Gasteiger partial charge in [-0.15, -0.1) is 11.3 Å². The van der Waals surface area contributed by atoms with Gasteiger partial charge in [0.2, 0.25) is 0 Å². The maximum atomic E-state index is 12.6.